The molecule has 0 spiro atoms. The van der Waals surface area contributed by atoms with Crippen LogP contribution in [0.1, 0.15) is 12.5 Å². The third kappa shape index (κ3) is 5.80. The third-order valence-corrected chi connectivity index (χ3v) is 5.04. The van der Waals surface area contributed by atoms with Crippen molar-refractivity contribution < 1.29 is 24.1 Å². The highest BCUT2D eigenvalue weighted by Gasteiger charge is 2.32. The van der Waals surface area contributed by atoms with Gasteiger partial charge in [-0.2, -0.15) is 0 Å². The van der Waals surface area contributed by atoms with Crippen LogP contribution in [0.4, 0.5) is 0 Å². The van der Waals surface area contributed by atoms with Gasteiger partial charge in [-0.3, -0.25) is 4.90 Å². The van der Waals surface area contributed by atoms with Crippen LogP contribution in [0.3, 0.4) is 0 Å². The van der Waals surface area contributed by atoms with E-state index in [1.807, 2.05) is 18.2 Å². The number of hydrogen-bond donors (Lipinski definition) is 2. The van der Waals surface area contributed by atoms with E-state index in [-0.39, 0.29) is 12.0 Å². The Labute approximate surface area is 161 Å². The van der Waals surface area contributed by atoms with Crippen LogP contribution < -0.4 is 14.8 Å². The molecule has 1 aromatic rings. The molecule has 2 heterocycles. The van der Waals surface area contributed by atoms with Crippen molar-refractivity contribution in [3.63, 3.8) is 0 Å². The van der Waals surface area contributed by atoms with Crippen LogP contribution in [-0.2, 0) is 16.0 Å². The lowest BCUT2D eigenvalue weighted by Crippen LogP contribution is -2.47. The average molecular weight is 380 g/mol. The fourth-order valence-corrected chi connectivity index (χ4v) is 3.39. The first-order valence-corrected chi connectivity index (χ1v) is 9.65. The van der Waals surface area contributed by atoms with Crippen LogP contribution >= 0.6 is 0 Å². The van der Waals surface area contributed by atoms with Crippen LogP contribution in [0, 0.1) is 5.41 Å². The van der Waals surface area contributed by atoms with Gasteiger partial charge in [-0.05, 0) is 6.07 Å². The molecule has 1 unspecified atom stereocenters. The van der Waals surface area contributed by atoms with Crippen LogP contribution in [0.2, 0.25) is 0 Å². The first kappa shape index (κ1) is 20.4. The lowest BCUT2D eigenvalue weighted by Gasteiger charge is -2.38. The van der Waals surface area contributed by atoms with E-state index >= 15 is 0 Å². The zero-order valence-corrected chi connectivity index (χ0v) is 16.4. The number of nitrogens with one attached hydrogen (secondary N) is 1. The minimum atomic E-state index is -0.556. The number of methoxy groups -OCH3 is 1. The van der Waals surface area contributed by atoms with Gasteiger partial charge in [0.25, 0.3) is 0 Å². The number of rotatable bonds is 10. The maximum Gasteiger partial charge on any atom is 0.165 e. The first-order chi connectivity index (χ1) is 13.1. The second-order valence-electron chi connectivity index (χ2n) is 7.73. The third-order valence-electron chi connectivity index (χ3n) is 5.04. The molecular formula is C20H32N2O5. The molecule has 7 heteroatoms. The second-order valence-corrected chi connectivity index (χ2v) is 7.73. The van der Waals surface area contributed by atoms with Crippen molar-refractivity contribution in [2.45, 2.75) is 19.6 Å². The van der Waals surface area contributed by atoms with Crippen molar-refractivity contribution in [1.29, 1.82) is 0 Å². The molecule has 152 valence electrons. The summed E-state index contributed by atoms with van der Waals surface area (Å²) in [7, 11) is 1.64. The molecule has 1 aromatic carbocycles. The Kier molecular flexibility index (Phi) is 7.32. The monoisotopic (exact) mass is 380 g/mol. The summed E-state index contributed by atoms with van der Waals surface area (Å²) in [6, 6.07) is 5.87. The van der Waals surface area contributed by atoms with Crippen LogP contribution in [0.5, 0.6) is 11.5 Å². The normalized spacial score (nSPS) is 20.7. The van der Waals surface area contributed by atoms with Crippen molar-refractivity contribution in [3.05, 3.63) is 23.8 Å². The van der Waals surface area contributed by atoms with Gasteiger partial charge in [0.05, 0.1) is 33.5 Å². The zero-order valence-electron chi connectivity index (χ0n) is 16.4. The molecule has 1 atom stereocenters. The number of morpholine rings is 1. The number of ether oxygens (including phenoxy) is 4. The number of hydrogen-bond acceptors (Lipinski definition) is 7. The maximum atomic E-state index is 10.4. The minimum absolute atomic E-state index is 0.217. The van der Waals surface area contributed by atoms with E-state index in [1.54, 1.807) is 7.11 Å². The number of aliphatic hydroxyl groups is 1. The summed E-state index contributed by atoms with van der Waals surface area (Å²) in [5.74, 6) is 1.38. The van der Waals surface area contributed by atoms with Gasteiger partial charge in [0.15, 0.2) is 11.5 Å². The highest BCUT2D eigenvalue weighted by Crippen LogP contribution is 2.32. The SMILES string of the molecule is COc1cccc(CNCC2(C)COC2)c1OCC(O)CN1CCOCC1. The number of aliphatic hydroxyl groups excluding tert-OH is 1. The molecular weight excluding hydrogens is 348 g/mol. The minimum Gasteiger partial charge on any atom is -0.493 e. The highest BCUT2D eigenvalue weighted by molar-refractivity contribution is 5.46. The Balaban J connectivity index is 1.53. The smallest absolute Gasteiger partial charge is 0.165 e. The maximum absolute atomic E-state index is 10.4. The van der Waals surface area contributed by atoms with Crippen molar-refractivity contribution in [2.75, 3.05) is 66.3 Å². The summed E-state index contributed by atoms with van der Waals surface area (Å²) in [6.07, 6.45) is -0.556. The predicted octanol–water partition coefficient (Wildman–Crippen LogP) is 0.893. The van der Waals surface area contributed by atoms with E-state index in [4.69, 9.17) is 18.9 Å². The van der Waals surface area contributed by atoms with Crippen molar-refractivity contribution in [3.8, 4) is 11.5 Å². The Hall–Kier alpha value is -1.38. The summed E-state index contributed by atoms with van der Waals surface area (Å²) in [5.41, 5.74) is 1.24. The van der Waals surface area contributed by atoms with Crippen molar-refractivity contribution in [2.24, 2.45) is 5.41 Å². The molecule has 0 radical (unpaired) electrons. The second kappa shape index (κ2) is 9.71. The summed E-state index contributed by atoms with van der Waals surface area (Å²) < 4.78 is 22.1. The topological polar surface area (TPSA) is 72.4 Å². The van der Waals surface area contributed by atoms with Crippen LogP contribution in [0.15, 0.2) is 18.2 Å². The van der Waals surface area contributed by atoms with Crippen molar-refractivity contribution >= 4 is 0 Å². The Bertz CT molecular complexity index is 588. The van der Waals surface area contributed by atoms with E-state index < -0.39 is 6.10 Å². The molecule has 3 rings (SSSR count). The Morgan fingerprint density at radius 1 is 1.26 bits per heavy atom. The van der Waals surface area contributed by atoms with Gasteiger partial charge in [-0.25, -0.2) is 0 Å². The Morgan fingerprint density at radius 3 is 2.70 bits per heavy atom. The average Bonchev–Trinajstić information content (AvgIpc) is 2.66. The molecule has 7 nitrogen and oxygen atoms in total. The van der Waals surface area contributed by atoms with E-state index in [0.29, 0.717) is 24.6 Å². The molecule has 0 amide bonds. The van der Waals surface area contributed by atoms with Gasteiger partial charge in [0, 0.05) is 43.7 Å². The molecule has 2 fully saturated rings. The van der Waals surface area contributed by atoms with Crippen LogP contribution in [-0.4, -0.2) is 82.4 Å². The molecule has 0 bridgehead atoms. The molecule has 2 N–H and O–H groups in total. The summed E-state index contributed by atoms with van der Waals surface area (Å²) in [5, 5.41) is 13.9. The summed E-state index contributed by atoms with van der Waals surface area (Å²) in [4.78, 5) is 2.20. The molecule has 2 aliphatic heterocycles. The fraction of sp³-hybridized carbons (Fsp3) is 0.700. The Morgan fingerprint density at radius 2 is 2.04 bits per heavy atom. The molecule has 0 saturated carbocycles. The van der Waals surface area contributed by atoms with E-state index in [0.717, 1.165) is 51.6 Å². The molecule has 2 saturated heterocycles. The standard InChI is InChI=1S/C20H32N2O5/c1-20(14-26-15-20)13-21-10-16-4-3-5-18(24-2)19(16)27-12-17(23)11-22-6-8-25-9-7-22/h3-5,17,21,23H,6-15H2,1-2H3. The van der Waals surface area contributed by atoms with E-state index in [2.05, 4.69) is 17.1 Å². The quantitative estimate of drug-likeness (QED) is 0.625. The highest BCUT2D eigenvalue weighted by atomic mass is 16.5. The lowest BCUT2D eigenvalue weighted by molar-refractivity contribution is -0.0991. The van der Waals surface area contributed by atoms with Gasteiger partial charge in [-0.15, -0.1) is 0 Å². The summed E-state index contributed by atoms with van der Waals surface area (Å²) >= 11 is 0. The zero-order chi connectivity index (χ0) is 19.1. The predicted molar refractivity (Wildman–Crippen MR) is 102 cm³/mol. The number of para-hydroxylation sites is 1. The van der Waals surface area contributed by atoms with Gasteiger partial charge in [-0.1, -0.05) is 19.1 Å². The largest absolute Gasteiger partial charge is 0.493 e. The molecule has 27 heavy (non-hydrogen) atoms. The van der Waals surface area contributed by atoms with Gasteiger partial charge in [0.1, 0.15) is 12.7 Å². The van der Waals surface area contributed by atoms with E-state index in [9.17, 15) is 5.11 Å². The van der Waals surface area contributed by atoms with Gasteiger partial charge in [0.2, 0.25) is 0 Å². The number of β-amino-alcohol motifs (C(OH)–C–C–N with tert-alkyl or cyclic N) is 1. The van der Waals surface area contributed by atoms with Crippen molar-refractivity contribution in [1.82, 2.24) is 10.2 Å². The molecule has 0 aromatic heterocycles. The fourth-order valence-electron chi connectivity index (χ4n) is 3.39. The van der Waals surface area contributed by atoms with Gasteiger partial charge >= 0.3 is 0 Å². The lowest BCUT2D eigenvalue weighted by atomic mass is 9.89. The van der Waals surface area contributed by atoms with E-state index in [1.165, 1.54) is 0 Å². The van der Waals surface area contributed by atoms with Crippen LogP contribution in [0.25, 0.3) is 0 Å². The molecule has 0 aliphatic carbocycles. The first-order valence-electron chi connectivity index (χ1n) is 9.65. The number of benzene rings is 1. The number of nitrogens with zero attached hydrogens (tertiary/aromatic N) is 1. The summed E-state index contributed by atoms with van der Waals surface area (Å²) in [6.45, 7) is 9.36. The molecule has 2 aliphatic rings. The van der Waals surface area contributed by atoms with Gasteiger partial charge < -0.3 is 29.4 Å².